The van der Waals surface area contributed by atoms with Gasteiger partial charge in [-0.3, -0.25) is 4.79 Å². The number of hydrogen-bond acceptors (Lipinski definition) is 5. The van der Waals surface area contributed by atoms with E-state index in [0.717, 1.165) is 29.7 Å². The van der Waals surface area contributed by atoms with Crippen molar-refractivity contribution in [3.05, 3.63) is 65.2 Å². The SMILES string of the molecule is CCCC(=NNC(=O)CSc1nnc(-c2cccc(Cl)c2)n1C)c1ccccc1. The molecule has 0 radical (unpaired) electrons. The van der Waals surface area contributed by atoms with Crippen LogP contribution in [-0.2, 0) is 11.8 Å². The van der Waals surface area contributed by atoms with E-state index in [1.165, 1.54) is 11.8 Å². The zero-order valence-electron chi connectivity index (χ0n) is 16.3. The number of aromatic nitrogens is 3. The van der Waals surface area contributed by atoms with Gasteiger partial charge in [-0.25, -0.2) is 5.43 Å². The quantitative estimate of drug-likeness (QED) is 0.325. The van der Waals surface area contributed by atoms with Crippen LogP contribution in [0.1, 0.15) is 25.3 Å². The molecule has 0 unspecified atom stereocenters. The van der Waals surface area contributed by atoms with Gasteiger partial charge in [0.25, 0.3) is 5.91 Å². The van der Waals surface area contributed by atoms with Crippen LogP contribution in [-0.4, -0.2) is 32.1 Å². The van der Waals surface area contributed by atoms with Gasteiger partial charge in [0.05, 0.1) is 11.5 Å². The number of hydrazone groups is 1. The van der Waals surface area contributed by atoms with Crippen LogP contribution in [0.3, 0.4) is 0 Å². The number of benzene rings is 2. The molecule has 0 aliphatic rings. The largest absolute Gasteiger partial charge is 0.305 e. The van der Waals surface area contributed by atoms with Gasteiger partial charge < -0.3 is 4.57 Å². The van der Waals surface area contributed by atoms with Gasteiger partial charge in [-0.1, -0.05) is 79.2 Å². The summed E-state index contributed by atoms with van der Waals surface area (Å²) < 4.78 is 1.85. The van der Waals surface area contributed by atoms with Gasteiger partial charge in [0, 0.05) is 17.6 Å². The molecule has 0 atom stereocenters. The molecule has 1 N–H and O–H groups in total. The van der Waals surface area contributed by atoms with Crippen LogP contribution in [0, 0.1) is 0 Å². The maximum absolute atomic E-state index is 12.3. The Morgan fingerprint density at radius 1 is 1.17 bits per heavy atom. The third kappa shape index (κ3) is 5.68. The van der Waals surface area contributed by atoms with E-state index in [9.17, 15) is 4.79 Å². The molecular weight excluding hydrogens is 406 g/mol. The molecule has 2 aromatic carbocycles. The Kier molecular flexibility index (Phi) is 7.43. The van der Waals surface area contributed by atoms with Gasteiger partial charge in [-0.15, -0.1) is 10.2 Å². The fourth-order valence-corrected chi connectivity index (χ4v) is 3.64. The van der Waals surface area contributed by atoms with Crippen molar-refractivity contribution in [2.75, 3.05) is 5.75 Å². The second-order valence-electron chi connectivity index (χ2n) is 6.37. The molecule has 8 heteroatoms. The average Bonchev–Trinajstić information content (AvgIpc) is 3.10. The third-order valence-electron chi connectivity index (χ3n) is 4.16. The van der Waals surface area contributed by atoms with Gasteiger partial charge in [-0.05, 0) is 24.1 Å². The van der Waals surface area contributed by atoms with Crippen molar-refractivity contribution in [3.8, 4) is 11.4 Å². The van der Waals surface area contributed by atoms with Crippen LogP contribution < -0.4 is 5.43 Å². The van der Waals surface area contributed by atoms with E-state index >= 15 is 0 Å². The minimum absolute atomic E-state index is 0.188. The number of rotatable bonds is 8. The van der Waals surface area contributed by atoms with E-state index in [2.05, 4.69) is 27.6 Å². The van der Waals surface area contributed by atoms with Gasteiger partial charge in [-0.2, -0.15) is 5.10 Å². The molecule has 0 bridgehead atoms. The summed E-state index contributed by atoms with van der Waals surface area (Å²) in [5.74, 6) is 0.703. The summed E-state index contributed by atoms with van der Waals surface area (Å²) in [5.41, 5.74) is 5.41. The first-order valence-corrected chi connectivity index (χ1v) is 10.6. The molecule has 0 fully saturated rings. The second kappa shape index (κ2) is 10.2. The van der Waals surface area contributed by atoms with Crippen LogP contribution in [0.15, 0.2) is 64.9 Å². The van der Waals surface area contributed by atoms with Crippen LogP contribution >= 0.6 is 23.4 Å². The fourth-order valence-electron chi connectivity index (χ4n) is 2.74. The maximum atomic E-state index is 12.3. The second-order valence-corrected chi connectivity index (χ2v) is 7.75. The topological polar surface area (TPSA) is 72.2 Å². The predicted molar refractivity (Wildman–Crippen MR) is 118 cm³/mol. The Morgan fingerprint density at radius 3 is 2.69 bits per heavy atom. The molecule has 29 heavy (non-hydrogen) atoms. The highest BCUT2D eigenvalue weighted by Gasteiger charge is 2.13. The minimum atomic E-state index is -0.188. The maximum Gasteiger partial charge on any atom is 0.250 e. The zero-order chi connectivity index (χ0) is 20.6. The molecule has 3 aromatic rings. The van der Waals surface area contributed by atoms with E-state index in [1.807, 2.05) is 66.2 Å². The van der Waals surface area contributed by atoms with Gasteiger partial charge in [0.1, 0.15) is 0 Å². The molecule has 0 saturated carbocycles. The van der Waals surface area contributed by atoms with Gasteiger partial charge in [0.2, 0.25) is 0 Å². The van der Waals surface area contributed by atoms with E-state index < -0.39 is 0 Å². The standard InChI is InChI=1S/C21H22ClN5OS/c1-3-8-18(15-9-5-4-6-10-15)23-24-19(28)14-29-21-26-25-20(27(21)2)16-11-7-12-17(22)13-16/h4-7,9-13H,3,8,14H2,1-2H3,(H,24,28). The molecule has 1 heterocycles. The molecule has 0 spiro atoms. The van der Waals surface area contributed by atoms with Crippen molar-refractivity contribution < 1.29 is 4.79 Å². The normalized spacial score (nSPS) is 11.5. The Morgan fingerprint density at radius 2 is 1.97 bits per heavy atom. The lowest BCUT2D eigenvalue weighted by molar-refractivity contribution is -0.118. The molecular formula is C21H22ClN5OS. The number of halogens is 1. The van der Waals surface area contributed by atoms with Crippen LogP contribution in [0.25, 0.3) is 11.4 Å². The molecule has 6 nitrogen and oxygen atoms in total. The van der Waals surface area contributed by atoms with Crippen molar-refractivity contribution >= 4 is 35.0 Å². The average molecular weight is 428 g/mol. The number of hydrogen-bond donors (Lipinski definition) is 1. The van der Waals surface area contributed by atoms with Crippen molar-refractivity contribution in [1.29, 1.82) is 0 Å². The Labute approximate surface area is 179 Å². The molecule has 0 saturated heterocycles. The Bertz CT molecular complexity index is 1000. The first kappa shape index (κ1) is 21.1. The molecule has 0 aliphatic heterocycles. The van der Waals surface area contributed by atoms with Crippen molar-refractivity contribution in [2.24, 2.45) is 12.1 Å². The number of nitrogens with one attached hydrogen (secondary N) is 1. The van der Waals surface area contributed by atoms with Crippen molar-refractivity contribution in [2.45, 2.75) is 24.9 Å². The first-order valence-electron chi connectivity index (χ1n) is 9.27. The molecule has 1 aromatic heterocycles. The fraction of sp³-hybridized carbons (Fsp3) is 0.238. The lowest BCUT2D eigenvalue weighted by Gasteiger charge is -2.07. The third-order valence-corrected chi connectivity index (χ3v) is 5.41. The minimum Gasteiger partial charge on any atom is -0.305 e. The van der Waals surface area contributed by atoms with E-state index in [1.54, 1.807) is 0 Å². The van der Waals surface area contributed by atoms with E-state index in [-0.39, 0.29) is 11.7 Å². The Balaban J connectivity index is 1.62. The summed E-state index contributed by atoms with van der Waals surface area (Å²) in [6.07, 6.45) is 1.74. The first-order chi connectivity index (χ1) is 14.1. The summed E-state index contributed by atoms with van der Waals surface area (Å²) >= 11 is 7.37. The van der Waals surface area contributed by atoms with Crippen LogP contribution in [0.2, 0.25) is 5.02 Å². The number of thioether (sulfide) groups is 1. The summed E-state index contributed by atoms with van der Waals surface area (Å²) in [6.45, 7) is 2.09. The number of carbonyl (C=O) groups is 1. The molecule has 150 valence electrons. The summed E-state index contributed by atoms with van der Waals surface area (Å²) in [7, 11) is 1.86. The monoisotopic (exact) mass is 427 g/mol. The van der Waals surface area contributed by atoms with E-state index in [0.29, 0.717) is 16.0 Å². The number of amides is 1. The van der Waals surface area contributed by atoms with Crippen LogP contribution in [0.5, 0.6) is 0 Å². The van der Waals surface area contributed by atoms with Gasteiger partial charge >= 0.3 is 0 Å². The highest BCUT2D eigenvalue weighted by Crippen LogP contribution is 2.24. The summed E-state index contributed by atoms with van der Waals surface area (Å²) in [6, 6.07) is 17.3. The Hall–Kier alpha value is -2.64. The smallest absolute Gasteiger partial charge is 0.250 e. The molecule has 1 amide bonds. The summed E-state index contributed by atoms with van der Waals surface area (Å²) in [5, 5.41) is 14.0. The highest BCUT2D eigenvalue weighted by atomic mass is 35.5. The number of nitrogens with zero attached hydrogens (tertiary/aromatic N) is 4. The lowest BCUT2D eigenvalue weighted by Crippen LogP contribution is -2.22. The van der Waals surface area contributed by atoms with Gasteiger partial charge in [0.15, 0.2) is 11.0 Å². The predicted octanol–water partition coefficient (Wildman–Crippen LogP) is 4.55. The number of carbonyl (C=O) groups excluding carboxylic acids is 1. The summed E-state index contributed by atoms with van der Waals surface area (Å²) in [4.78, 5) is 12.3. The lowest BCUT2D eigenvalue weighted by atomic mass is 10.1. The van der Waals surface area contributed by atoms with Crippen molar-refractivity contribution in [1.82, 2.24) is 20.2 Å². The van der Waals surface area contributed by atoms with Crippen molar-refractivity contribution in [3.63, 3.8) is 0 Å². The molecule has 0 aliphatic carbocycles. The zero-order valence-corrected chi connectivity index (χ0v) is 17.9. The molecule has 3 rings (SSSR count). The van der Waals surface area contributed by atoms with E-state index in [4.69, 9.17) is 11.6 Å². The van der Waals surface area contributed by atoms with Crippen LogP contribution in [0.4, 0.5) is 0 Å². The highest BCUT2D eigenvalue weighted by molar-refractivity contribution is 7.99.